The Hall–Kier alpha value is -2.12. The number of nitrogens with one attached hydrogen (secondary N) is 1. The van der Waals surface area contributed by atoms with E-state index in [-0.39, 0.29) is 37.4 Å². The maximum Gasteiger partial charge on any atom is 0.329 e. The van der Waals surface area contributed by atoms with Crippen LogP contribution in [0.2, 0.25) is 0 Å². The number of carbonyl (C=O) groups excluding carboxylic acids is 3. The molecule has 116 valence electrons. The highest BCUT2D eigenvalue weighted by molar-refractivity contribution is 6.01. The van der Waals surface area contributed by atoms with Crippen LogP contribution in [0, 0.1) is 0 Å². The lowest BCUT2D eigenvalue weighted by molar-refractivity contribution is -0.151. The van der Waals surface area contributed by atoms with E-state index in [1.165, 1.54) is 4.90 Å². The summed E-state index contributed by atoms with van der Waals surface area (Å²) in [7, 11) is 1.54. The zero-order valence-electron chi connectivity index (χ0n) is 11.9. The van der Waals surface area contributed by atoms with Crippen LogP contribution in [0.25, 0.3) is 0 Å². The summed E-state index contributed by atoms with van der Waals surface area (Å²) in [5.41, 5.74) is -1.11. The molecule has 4 amide bonds. The highest BCUT2D eigenvalue weighted by atomic mass is 16.4. The first-order chi connectivity index (χ1) is 9.85. The number of nitrogens with zero attached hydrogens (tertiary/aromatic N) is 2. The second kappa shape index (κ2) is 5.71. The van der Waals surface area contributed by atoms with Crippen LogP contribution in [0.3, 0.4) is 0 Å². The van der Waals surface area contributed by atoms with Crippen LogP contribution >= 0.6 is 0 Å². The standard InChI is InChI=1S/C13H19N3O5/c1-15-8-10(18)16(12(15)21)7-2-4-9(17)14-13(11(19)20)5-3-6-13/h2-8H2,1H3,(H,14,17)(H,19,20). The zero-order valence-corrected chi connectivity index (χ0v) is 11.9. The predicted octanol–water partition coefficient (Wildman–Crippen LogP) is -0.216. The molecule has 8 nitrogen and oxygen atoms in total. The van der Waals surface area contributed by atoms with Crippen LogP contribution in [0.5, 0.6) is 0 Å². The highest BCUT2D eigenvalue weighted by Gasteiger charge is 2.45. The Kier molecular flexibility index (Phi) is 4.15. The summed E-state index contributed by atoms with van der Waals surface area (Å²) in [6.45, 7) is 0.239. The Balaban J connectivity index is 1.76. The normalized spacial score (nSPS) is 20.4. The van der Waals surface area contributed by atoms with E-state index >= 15 is 0 Å². The second-order valence-corrected chi connectivity index (χ2v) is 5.58. The van der Waals surface area contributed by atoms with Gasteiger partial charge in [0, 0.05) is 20.0 Å². The summed E-state index contributed by atoms with van der Waals surface area (Å²) >= 11 is 0. The molecule has 0 atom stereocenters. The van der Waals surface area contributed by atoms with Crippen molar-refractivity contribution in [1.29, 1.82) is 0 Å². The minimum absolute atomic E-state index is 0.0627. The van der Waals surface area contributed by atoms with Gasteiger partial charge in [-0.2, -0.15) is 0 Å². The van der Waals surface area contributed by atoms with E-state index in [0.717, 1.165) is 11.3 Å². The molecular weight excluding hydrogens is 278 g/mol. The summed E-state index contributed by atoms with van der Waals surface area (Å²) < 4.78 is 0. The molecule has 0 aromatic rings. The number of aliphatic carboxylic acids is 1. The molecule has 1 aliphatic heterocycles. The fourth-order valence-corrected chi connectivity index (χ4v) is 2.54. The number of likely N-dealkylation sites (N-methyl/N-ethyl adjacent to an activating group) is 1. The predicted molar refractivity (Wildman–Crippen MR) is 71.3 cm³/mol. The van der Waals surface area contributed by atoms with Gasteiger partial charge in [-0.25, -0.2) is 9.59 Å². The van der Waals surface area contributed by atoms with Gasteiger partial charge in [-0.15, -0.1) is 0 Å². The number of carboxylic acids is 1. The van der Waals surface area contributed by atoms with Gasteiger partial charge in [0.2, 0.25) is 11.8 Å². The minimum atomic E-state index is -1.11. The molecule has 0 spiro atoms. The Morgan fingerprint density at radius 3 is 2.43 bits per heavy atom. The van der Waals surface area contributed by atoms with E-state index in [9.17, 15) is 19.2 Å². The topological polar surface area (TPSA) is 107 Å². The minimum Gasteiger partial charge on any atom is -0.480 e. The molecule has 8 heteroatoms. The zero-order chi connectivity index (χ0) is 15.6. The van der Waals surface area contributed by atoms with Gasteiger partial charge in [0.1, 0.15) is 12.1 Å². The van der Waals surface area contributed by atoms with E-state index in [1.54, 1.807) is 7.05 Å². The molecule has 0 aromatic carbocycles. The molecule has 2 fully saturated rings. The Morgan fingerprint density at radius 1 is 1.33 bits per heavy atom. The Bertz CT molecular complexity index is 486. The fourth-order valence-electron chi connectivity index (χ4n) is 2.54. The molecule has 0 bridgehead atoms. The van der Waals surface area contributed by atoms with E-state index in [1.807, 2.05) is 0 Å². The van der Waals surface area contributed by atoms with Gasteiger partial charge in [-0.3, -0.25) is 14.5 Å². The summed E-state index contributed by atoms with van der Waals surface area (Å²) in [5.74, 6) is -1.64. The van der Waals surface area contributed by atoms with Gasteiger partial charge < -0.3 is 15.3 Å². The smallest absolute Gasteiger partial charge is 0.329 e. The van der Waals surface area contributed by atoms with Crippen LogP contribution < -0.4 is 5.32 Å². The van der Waals surface area contributed by atoms with Crippen molar-refractivity contribution in [2.24, 2.45) is 0 Å². The van der Waals surface area contributed by atoms with Crippen molar-refractivity contribution in [2.75, 3.05) is 20.1 Å². The molecule has 21 heavy (non-hydrogen) atoms. The maximum atomic E-state index is 11.8. The van der Waals surface area contributed by atoms with Crippen molar-refractivity contribution in [1.82, 2.24) is 15.1 Å². The average Bonchev–Trinajstić information content (AvgIpc) is 2.59. The lowest BCUT2D eigenvalue weighted by Gasteiger charge is -2.38. The number of rotatable bonds is 6. The Labute approximate surface area is 122 Å². The average molecular weight is 297 g/mol. The number of hydrogen-bond acceptors (Lipinski definition) is 4. The quantitative estimate of drug-likeness (QED) is 0.659. The van der Waals surface area contributed by atoms with Crippen molar-refractivity contribution < 1.29 is 24.3 Å². The third-order valence-corrected chi connectivity index (χ3v) is 4.01. The van der Waals surface area contributed by atoms with Crippen molar-refractivity contribution in [3.8, 4) is 0 Å². The van der Waals surface area contributed by atoms with Crippen LogP contribution in [0.15, 0.2) is 0 Å². The number of hydrogen-bond donors (Lipinski definition) is 2. The lowest BCUT2D eigenvalue weighted by Crippen LogP contribution is -2.59. The number of carboxylic acid groups (broad SMARTS) is 1. The Morgan fingerprint density at radius 2 is 2.00 bits per heavy atom. The molecule has 1 saturated heterocycles. The molecule has 0 aromatic heterocycles. The van der Waals surface area contributed by atoms with Crippen LogP contribution in [-0.2, 0) is 14.4 Å². The van der Waals surface area contributed by atoms with E-state index in [4.69, 9.17) is 5.11 Å². The summed E-state index contributed by atoms with van der Waals surface area (Å²) in [6.07, 6.45) is 2.10. The molecule has 1 heterocycles. The molecule has 0 unspecified atom stereocenters. The first-order valence-electron chi connectivity index (χ1n) is 6.95. The summed E-state index contributed by atoms with van der Waals surface area (Å²) in [4.78, 5) is 48.5. The molecule has 2 aliphatic rings. The van der Waals surface area contributed by atoms with Crippen molar-refractivity contribution in [2.45, 2.75) is 37.6 Å². The van der Waals surface area contributed by atoms with Crippen molar-refractivity contribution in [3.05, 3.63) is 0 Å². The summed E-state index contributed by atoms with van der Waals surface area (Å²) in [6, 6.07) is -0.360. The van der Waals surface area contributed by atoms with E-state index in [0.29, 0.717) is 19.3 Å². The first kappa shape index (κ1) is 15.3. The molecular formula is C13H19N3O5. The molecule has 1 aliphatic carbocycles. The number of imide groups is 1. The van der Waals surface area contributed by atoms with Gasteiger partial charge in [0.15, 0.2) is 0 Å². The fraction of sp³-hybridized carbons (Fsp3) is 0.692. The monoisotopic (exact) mass is 297 g/mol. The third kappa shape index (κ3) is 2.98. The first-order valence-corrected chi connectivity index (χ1v) is 6.95. The lowest BCUT2D eigenvalue weighted by atomic mass is 9.76. The third-order valence-electron chi connectivity index (χ3n) is 4.01. The molecule has 2 N–H and O–H groups in total. The number of amides is 4. The van der Waals surface area contributed by atoms with Gasteiger partial charge in [0.05, 0.1) is 0 Å². The van der Waals surface area contributed by atoms with Gasteiger partial charge >= 0.3 is 12.0 Å². The molecule has 1 saturated carbocycles. The SMILES string of the molecule is CN1CC(=O)N(CCCC(=O)NC2(C(=O)O)CCC2)C1=O. The van der Waals surface area contributed by atoms with Crippen LogP contribution in [0.4, 0.5) is 4.79 Å². The summed E-state index contributed by atoms with van der Waals surface area (Å²) in [5, 5.41) is 11.7. The van der Waals surface area contributed by atoms with E-state index in [2.05, 4.69) is 5.32 Å². The highest BCUT2D eigenvalue weighted by Crippen LogP contribution is 2.32. The van der Waals surface area contributed by atoms with Gasteiger partial charge in [-0.1, -0.05) is 0 Å². The maximum absolute atomic E-state index is 11.8. The van der Waals surface area contributed by atoms with Crippen LogP contribution in [0.1, 0.15) is 32.1 Å². The second-order valence-electron chi connectivity index (χ2n) is 5.58. The van der Waals surface area contributed by atoms with Crippen LogP contribution in [-0.4, -0.2) is 64.4 Å². The number of carbonyl (C=O) groups is 4. The molecule has 0 radical (unpaired) electrons. The molecule has 2 rings (SSSR count). The van der Waals surface area contributed by atoms with E-state index < -0.39 is 11.5 Å². The number of urea groups is 1. The van der Waals surface area contributed by atoms with Gasteiger partial charge in [0.25, 0.3) is 0 Å². The largest absolute Gasteiger partial charge is 0.480 e. The van der Waals surface area contributed by atoms with Crippen molar-refractivity contribution in [3.63, 3.8) is 0 Å². The van der Waals surface area contributed by atoms with Crippen molar-refractivity contribution >= 4 is 23.8 Å². The van der Waals surface area contributed by atoms with Gasteiger partial charge in [-0.05, 0) is 25.7 Å².